The minimum atomic E-state index is -0.00710. The average Bonchev–Trinajstić information content (AvgIpc) is 3.16. The van der Waals surface area contributed by atoms with E-state index in [1.165, 1.54) is 0 Å². The molecule has 0 bridgehead atoms. The zero-order valence-corrected chi connectivity index (χ0v) is 17.0. The van der Waals surface area contributed by atoms with Gasteiger partial charge >= 0.3 is 0 Å². The number of aromatic nitrogens is 3. The van der Waals surface area contributed by atoms with Gasteiger partial charge in [0, 0.05) is 50.7 Å². The van der Waals surface area contributed by atoms with Crippen molar-refractivity contribution in [3.63, 3.8) is 0 Å². The summed E-state index contributed by atoms with van der Waals surface area (Å²) in [5.74, 6) is 1.54. The first-order valence-electron chi connectivity index (χ1n) is 9.83. The quantitative estimate of drug-likeness (QED) is 0.446. The highest BCUT2D eigenvalue weighted by Crippen LogP contribution is 2.22. The predicted molar refractivity (Wildman–Crippen MR) is 108 cm³/mol. The molecule has 0 aliphatic carbocycles. The Labute approximate surface area is 166 Å². The summed E-state index contributed by atoms with van der Waals surface area (Å²) in [6, 6.07) is 3.96. The third-order valence-corrected chi connectivity index (χ3v) is 4.70. The lowest BCUT2D eigenvalue weighted by Gasteiger charge is -2.34. The van der Waals surface area contributed by atoms with Crippen LogP contribution in [0.1, 0.15) is 37.0 Å². The number of nitrogens with zero attached hydrogens (tertiary/aromatic N) is 5. The van der Waals surface area contributed by atoms with Gasteiger partial charge in [0.05, 0.1) is 26.0 Å². The topological polar surface area (TPSA) is 76.8 Å². The van der Waals surface area contributed by atoms with E-state index in [9.17, 15) is 0 Å². The fourth-order valence-corrected chi connectivity index (χ4v) is 3.16. The SMILES string of the molecule is CCCCOc1ncccc1CNC(=NC)N1CCOC(c2cnn(C)c2)C1. The number of hydrogen-bond acceptors (Lipinski definition) is 5. The van der Waals surface area contributed by atoms with Crippen LogP contribution in [0.15, 0.2) is 35.7 Å². The van der Waals surface area contributed by atoms with Crippen LogP contribution >= 0.6 is 0 Å². The van der Waals surface area contributed by atoms with Crippen molar-refractivity contribution in [1.29, 1.82) is 0 Å². The van der Waals surface area contributed by atoms with Gasteiger partial charge in [0.2, 0.25) is 5.88 Å². The summed E-state index contributed by atoms with van der Waals surface area (Å²) in [4.78, 5) is 11.1. The molecule has 1 unspecified atom stereocenters. The molecule has 0 saturated carbocycles. The van der Waals surface area contributed by atoms with Gasteiger partial charge in [-0.05, 0) is 12.5 Å². The minimum Gasteiger partial charge on any atom is -0.477 e. The molecule has 1 atom stereocenters. The van der Waals surface area contributed by atoms with E-state index in [-0.39, 0.29) is 6.10 Å². The molecule has 8 nitrogen and oxygen atoms in total. The van der Waals surface area contributed by atoms with E-state index in [1.54, 1.807) is 17.9 Å². The van der Waals surface area contributed by atoms with Gasteiger partial charge < -0.3 is 19.7 Å². The Hall–Kier alpha value is -2.61. The van der Waals surface area contributed by atoms with Gasteiger partial charge in [-0.1, -0.05) is 19.4 Å². The minimum absolute atomic E-state index is 0.00710. The Kier molecular flexibility index (Phi) is 7.25. The average molecular weight is 387 g/mol. The van der Waals surface area contributed by atoms with Gasteiger partial charge in [-0.25, -0.2) is 4.98 Å². The molecule has 3 rings (SSSR count). The molecule has 1 saturated heterocycles. The zero-order valence-electron chi connectivity index (χ0n) is 17.0. The monoisotopic (exact) mass is 386 g/mol. The highest BCUT2D eigenvalue weighted by atomic mass is 16.5. The number of unbranched alkanes of at least 4 members (excludes halogenated alkanes) is 1. The molecule has 0 radical (unpaired) electrons. The van der Waals surface area contributed by atoms with Gasteiger partial charge in [0.1, 0.15) is 6.10 Å². The van der Waals surface area contributed by atoms with Crippen LogP contribution in [0, 0.1) is 0 Å². The first kappa shape index (κ1) is 20.1. The van der Waals surface area contributed by atoms with Crippen molar-refractivity contribution < 1.29 is 9.47 Å². The molecule has 1 aliphatic rings. The molecule has 1 N–H and O–H groups in total. The van der Waals surface area contributed by atoms with Gasteiger partial charge in [0.25, 0.3) is 0 Å². The fourth-order valence-electron chi connectivity index (χ4n) is 3.16. The van der Waals surface area contributed by atoms with Crippen LogP contribution in [0.2, 0.25) is 0 Å². The Bertz CT molecular complexity index is 776. The summed E-state index contributed by atoms with van der Waals surface area (Å²) in [6.07, 6.45) is 7.74. The van der Waals surface area contributed by atoms with E-state index < -0.39 is 0 Å². The molecule has 1 fully saturated rings. The molecule has 0 spiro atoms. The molecule has 2 aromatic heterocycles. The highest BCUT2D eigenvalue weighted by Gasteiger charge is 2.25. The van der Waals surface area contributed by atoms with Crippen molar-refractivity contribution in [3.05, 3.63) is 41.9 Å². The normalized spacial score (nSPS) is 17.6. The third kappa shape index (κ3) is 5.22. The third-order valence-electron chi connectivity index (χ3n) is 4.70. The maximum Gasteiger partial charge on any atom is 0.218 e. The summed E-state index contributed by atoms with van der Waals surface area (Å²) >= 11 is 0. The number of morpholine rings is 1. The Morgan fingerprint density at radius 3 is 3.11 bits per heavy atom. The van der Waals surface area contributed by atoms with Crippen LogP contribution in [0.25, 0.3) is 0 Å². The van der Waals surface area contributed by atoms with Crippen molar-refractivity contribution in [2.45, 2.75) is 32.4 Å². The van der Waals surface area contributed by atoms with E-state index in [0.717, 1.165) is 43.0 Å². The second-order valence-electron chi connectivity index (χ2n) is 6.82. The van der Waals surface area contributed by atoms with Crippen molar-refractivity contribution in [2.75, 3.05) is 33.4 Å². The van der Waals surface area contributed by atoms with Gasteiger partial charge in [-0.15, -0.1) is 0 Å². The number of rotatable bonds is 7. The highest BCUT2D eigenvalue weighted by molar-refractivity contribution is 5.80. The number of nitrogens with one attached hydrogen (secondary N) is 1. The molecule has 2 aromatic rings. The molecule has 28 heavy (non-hydrogen) atoms. The molecule has 152 valence electrons. The Balaban J connectivity index is 1.60. The number of ether oxygens (including phenoxy) is 2. The van der Waals surface area contributed by atoms with Crippen LogP contribution < -0.4 is 10.1 Å². The van der Waals surface area contributed by atoms with E-state index in [0.29, 0.717) is 25.6 Å². The summed E-state index contributed by atoms with van der Waals surface area (Å²) in [5, 5.41) is 7.69. The van der Waals surface area contributed by atoms with Gasteiger partial charge in [0.15, 0.2) is 5.96 Å². The van der Waals surface area contributed by atoms with Crippen LogP contribution in [0.3, 0.4) is 0 Å². The molecular formula is C20H30N6O2. The standard InChI is InChI=1S/C20H30N6O2/c1-4-5-10-28-19-16(7-6-8-22-19)12-23-20(21-2)26-9-11-27-18(15-26)17-13-24-25(3)14-17/h6-8,13-14,18H,4-5,9-12,15H2,1-3H3,(H,21,23). The second-order valence-corrected chi connectivity index (χ2v) is 6.82. The summed E-state index contributed by atoms with van der Waals surface area (Å²) in [6.45, 7) is 5.62. The lowest BCUT2D eigenvalue weighted by molar-refractivity contribution is -0.00805. The second kappa shape index (κ2) is 10.1. The maximum absolute atomic E-state index is 5.93. The zero-order chi connectivity index (χ0) is 19.8. The van der Waals surface area contributed by atoms with E-state index in [4.69, 9.17) is 9.47 Å². The van der Waals surface area contributed by atoms with E-state index in [2.05, 4.69) is 32.2 Å². The molecule has 1 aliphatic heterocycles. The summed E-state index contributed by atoms with van der Waals surface area (Å²) in [7, 11) is 3.72. The smallest absolute Gasteiger partial charge is 0.218 e. The maximum atomic E-state index is 5.93. The van der Waals surface area contributed by atoms with Crippen LogP contribution in [0.4, 0.5) is 0 Å². The van der Waals surface area contributed by atoms with Crippen LogP contribution in [-0.2, 0) is 18.3 Å². The first-order chi connectivity index (χ1) is 13.7. The predicted octanol–water partition coefficient (Wildman–Crippen LogP) is 2.14. The largest absolute Gasteiger partial charge is 0.477 e. The molecule has 0 aromatic carbocycles. The van der Waals surface area contributed by atoms with E-state index in [1.807, 2.05) is 31.6 Å². The number of hydrogen-bond donors (Lipinski definition) is 1. The van der Waals surface area contributed by atoms with Crippen molar-refractivity contribution in [3.8, 4) is 5.88 Å². The Morgan fingerprint density at radius 1 is 1.46 bits per heavy atom. The number of aryl methyl sites for hydroxylation is 1. The van der Waals surface area contributed by atoms with Gasteiger partial charge in [-0.2, -0.15) is 5.10 Å². The van der Waals surface area contributed by atoms with Crippen molar-refractivity contribution in [1.82, 2.24) is 25.0 Å². The lowest BCUT2D eigenvalue weighted by atomic mass is 10.1. The molecule has 0 amide bonds. The van der Waals surface area contributed by atoms with Crippen LogP contribution in [0.5, 0.6) is 5.88 Å². The lowest BCUT2D eigenvalue weighted by Crippen LogP contribution is -2.47. The molecule has 8 heteroatoms. The summed E-state index contributed by atoms with van der Waals surface area (Å²) < 4.78 is 13.6. The number of aliphatic imine (C=N–C) groups is 1. The Morgan fingerprint density at radius 2 is 2.36 bits per heavy atom. The molecular weight excluding hydrogens is 356 g/mol. The number of guanidine groups is 1. The number of pyridine rings is 1. The molecule has 3 heterocycles. The van der Waals surface area contributed by atoms with Crippen molar-refractivity contribution in [2.24, 2.45) is 12.0 Å². The van der Waals surface area contributed by atoms with Gasteiger partial charge in [-0.3, -0.25) is 9.67 Å². The van der Waals surface area contributed by atoms with E-state index >= 15 is 0 Å². The van der Waals surface area contributed by atoms with Crippen molar-refractivity contribution >= 4 is 5.96 Å². The van der Waals surface area contributed by atoms with Crippen LogP contribution in [-0.4, -0.2) is 59.0 Å². The summed E-state index contributed by atoms with van der Waals surface area (Å²) in [5.41, 5.74) is 2.11. The fraction of sp³-hybridized carbons (Fsp3) is 0.550. The first-order valence-corrected chi connectivity index (χ1v) is 9.83.